The van der Waals surface area contributed by atoms with Crippen LogP contribution >= 0.6 is 23.8 Å². The lowest BCUT2D eigenvalue weighted by molar-refractivity contribution is 0.103. The number of hydrogen-bond acceptors (Lipinski definition) is 3. The molecule has 0 fully saturated rings. The van der Waals surface area contributed by atoms with Crippen LogP contribution in [0.2, 0.25) is 5.02 Å². The number of nitrogens with zero attached hydrogens (tertiary/aromatic N) is 1. The molecule has 0 bridgehead atoms. The Kier molecular flexibility index (Phi) is 5.94. The monoisotopic (exact) mass is 381 g/mol. The number of hydrogen-bond donors (Lipinski definition) is 2. The Labute approximate surface area is 162 Å². The van der Waals surface area contributed by atoms with Crippen LogP contribution in [0.4, 0.5) is 5.69 Å². The van der Waals surface area contributed by atoms with E-state index in [1.165, 1.54) is 0 Å². The fourth-order valence-corrected chi connectivity index (χ4v) is 2.76. The van der Waals surface area contributed by atoms with Crippen LogP contribution in [0.5, 0.6) is 0 Å². The predicted molar refractivity (Wildman–Crippen MR) is 109 cm³/mol. The lowest BCUT2D eigenvalue weighted by Crippen LogP contribution is -2.28. The second kappa shape index (κ2) is 8.56. The van der Waals surface area contributed by atoms with Crippen molar-refractivity contribution in [1.29, 1.82) is 0 Å². The highest BCUT2D eigenvalue weighted by molar-refractivity contribution is 7.80. The van der Waals surface area contributed by atoms with Gasteiger partial charge in [0.15, 0.2) is 10.9 Å². The highest BCUT2D eigenvalue weighted by Gasteiger charge is 2.15. The molecule has 0 saturated heterocycles. The zero-order valence-corrected chi connectivity index (χ0v) is 15.3. The summed E-state index contributed by atoms with van der Waals surface area (Å²) in [7, 11) is 0. The van der Waals surface area contributed by atoms with Crippen molar-refractivity contribution in [2.45, 2.75) is 6.54 Å². The standard InChI is InChI=1S/C20H16ClN3OS/c21-16-8-9-18(17(11-16)19(25)15-6-2-1-3-7-15)24-20(26)23-13-14-5-4-10-22-12-14/h1-12H,13H2,(H2,23,24,26). The molecule has 0 saturated carbocycles. The quantitative estimate of drug-likeness (QED) is 0.505. The summed E-state index contributed by atoms with van der Waals surface area (Å²) in [5.41, 5.74) is 2.67. The molecule has 0 aliphatic carbocycles. The molecule has 3 aromatic rings. The van der Waals surface area contributed by atoms with Gasteiger partial charge in [0.05, 0.1) is 5.69 Å². The van der Waals surface area contributed by atoms with E-state index in [0.29, 0.717) is 33.5 Å². The maximum Gasteiger partial charge on any atom is 0.195 e. The summed E-state index contributed by atoms with van der Waals surface area (Å²) in [4.78, 5) is 16.9. The van der Waals surface area contributed by atoms with Gasteiger partial charge in [-0.2, -0.15) is 0 Å². The smallest absolute Gasteiger partial charge is 0.195 e. The van der Waals surface area contributed by atoms with E-state index >= 15 is 0 Å². The molecule has 26 heavy (non-hydrogen) atoms. The summed E-state index contributed by atoms with van der Waals surface area (Å²) < 4.78 is 0. The molecule has 0 atom stereocenters. The van der Waals surface area contributed by atoms with Crippen molar-refractivity contribution in [1.82, 2.24) is 10.3 Å². The Morgan fingerprint density at radius 3 is 2.62 bits per heavy atom. The van der Waals surface area contributed by atoms with Crippen LogP contribution in [0.1, 0.15) is 21.5 Å². The molecule has 0 amide bonds. The number of carbonyl (C=O) groups excluding carboxylic acids is 1. The molecule has 0 aliphatic heterocycles. The number of rotatable bonds is 5. The third-order valence-corrected chi connectivity index (χ3v) is 4.17. The Morgan fingerprint density at radius 2 is 1.88 bits per heavy atom. The topological polar surface area (TPSA) is 54.0 Å². The predicted octanol–water partition coefficient (Wildman–Crippen LogP) is 4.45. The van der Waals surface area contributed by atoms with Gasteiger partial charge in [-0.3, -0.25) is 9.78 Å². The number of aromatic nitrogens is 1. The van der Waals surface area contributed by atoms with E-state index in [-0.39, 0.29) is 5.78 Å². The van der Waals surface area contributed by atoms with Gasteiger partial charge in [0.25, 0.3) is 0 Å². The molecule has 2 aromatic carbocycles. The minimum absolute atomic E-state index is 0.120. The Balaban J connectivity index is 1.75. The molecule has 0 radical (unpaired) electrons. The average Bonchev–Trinajstić information content (AvgIpc) is 2.69. The number of thiocarbonyl (C=S) groups is 1. The van der Waals surface area contributed by atoms with Crippen LogP contribution in [0.15, 0.2) is 73.1 Å². The van der Waals surface area contributed by atoms with Crippen molar-refractivity contribution >= 4 is 40.4 Å². The summed E-state index contributed by atoms with van der Waals surface area (Å²) in [5, 5.41) is 7.09. The summed E-state index contributed by atoms with van der Waals surface area (Å²) in [6, 6.07) is 18.0. The van der Waals surface area contributed by atoms with Gasteiger partial charge in [-0.25, -0.2) is 0 Å². The first-order valence-electron chi connectivity index (χ1n) is 7.96. The van der Waals surface area contributed by atoms with Crippen LogP contribution in [0.3, 0.4) is 0 Å². The second-order valence-corrected chi connectivity index (χ2v) is 6.40. The van der Waals surface area contributed by atoms with Crippen molar-refractivity contribution in [2.75, 3.05) is 5.32 Å². The van der Waals surface area contributed by atoms with Crippen LogP contribution in [0, 0.1) is 0 Å². The lowest BCUT2D eigenvalue weighted by atomic mass is 10.0. The number of ketones is 1. The highest BCUT2D eigenvalue weighted by Crippen LogP contribution is 2.23. The number of anilines is 1. The molecule has 0 unspecified atom stereocenters. The molecule has 6 heteroatoms. The van der Waals surface area contributed by atoms with Crippen molar-refractivity contribution < 1.29 is 4.79 Å². The van der Waals surface area contributed by atoms with E-state index in [4.69, 9.17) is 23.8 Å². The Bertz CT molecular complexity index is 917. The average molecular weight is 382 g/mol. The third-order valence-electron chi connectivity index (χ3n) is 3.69. The molecule has 0 aliphatic rings. The molecule has 2 N–H and O–H groups in total. The zero-order chi connectivity index (χ0) is 18.4. The number of pyridine rings is 1. The van der Waals surface area contributed by atoms with Gasteiger partial charge >= 0.3 is 0 Å². The number of nitrogens with one attached hydrogen (secondary N) is 2. The SMILES string of the molecule is O=C(c1ccccc1)c1cc(Cl)ccc1NC(=S)NCc1cccnc1. The van der Waals surface area contributed by atoms with E-state index < -0.39 is 0 Å². The van der Waals surface area contributed by atoms with E-state index in [0.717, 1.165) is 5.56 Å². The molecular formula is C20H16ClN3OS. The first-order chi connectivity index (χ1) is 12.6. The normalized spacial score (nSPS) is 10.2. The summed E-state index contributed by atoms with van der Waals surface area (Å²) >= 11 is 11.4. The summed E-state index contributed by atoms with van der Waals surface area (Å²) in [6.07, 6.45) is 3.48. The van der Waals surface area contributed by atoms with Crippen LogP contribution in [-0.4, -0.2) is 15.9 Å². The maximum atomic E-state index is 12.8. The molecule has 3 rings (SSSR count). The van der Waals surface area contributed by atoms with Gasteiger partial charge in [-0.1, -0.05) is 48.0 Å². The van der Waals surface area contributed by atoms with Gasteiger partial charge in [-0.05, 0) is 42.0 Å². The lowest BCUT2D eigenvalue weighted by Gasteiger charge is -2.14. The Morgan fingerprint density at radius 1 is 1.08 bits per heavy atom. The van der Waals surface area contributed by atoms with Gasteiger partial charge in [0, 0.05) is 35.1 Å². The fraction of sp³-hybridized carbons (Fsp3) is 0.0500. The van der Waals surface area contributed by atoms with Crippen molar-refractivity contribution in [3.63, 3.8) is 0 Å². The molecule has 0 spiro atoms. The molecular weight excluding hydrogens is 366 g/mol. The number of carbonyl (C=O) groups is 1. The van der Waals surface area contributed by atoms with Crippen LogP contribution in [0.25, 0.3) is 0 Å². The first-order valence-corrected chi connectivity index (χ1v) is 8.75. The maximum absolute atomic E-state index is 12.8. The summed E-state index contributed by atoms with van der Waals surface area (Å²) in [5.74, 6) is -0.120. The van der Waals surface area contributed by atoms with E-state index in [9.17, 15) is 4.79 Å². The summed E-state index contributed by atoms with van der Waals surface area (Å²) in [6.45, 7) is 0.537. The molecule has 4 nitrogen and oxygen atoms in total. The largest absolute Gasteiger partial charge is 0.358 e. The van der Waals surface area contributed by atoms with E-state index in [2.05, 4.69) is 15.6 Å². The van der Waals surface area contributed by atoms with Crippen molar-refractivity contribution in [3.8, 4) is 0 Å². The second-order valence-electron chi connectivity index (χ2n) is 5.55. The highest BCUT2D eigenvalue weighted by atomic mass is 35.5. The number of benzene rings is 2. The minimum Gasteiger partial charge on any atom is -0.358 e. The Hall–Kier alpha value is -2.76. The van der Waals surface area contributed by atoms with Crippen molar-refractivity contribution in [3.05, 3.63) is 94.8 Å². The molecule has 1 aromatic heterocycles. The van der Waals surface area contributed by atoms with Gasteiger partial charge in [-0.15, -0.1) is 0 Å². The fourth-order valence-electron chi connectivity index (χ4n) is 2.41. The van der Waals surface area contributed by atoms with Crippen LogP contribution in [-0.2, 0) is 6.54 Å². The molecule has 130 valence electrons. The van der Waals surface area contributed by atoms with Gasteiger partial charge < -0.3 is 10.6 Å². The van der Waals surface area contributed by atoms with Crippen molar-refractivity contribution in [2.24, 2.45) is 0 Å². The third kappa shape index (κ3) is 4.65. The first kappa shape index (κ1) is 18.0. The minimum atomic E-state index is -0.120. The van der Waals surface area contributed by atoms with E-state index in [1.54, 1.807) is 42.7 Å². The van der Waals surface area contributed by atoms with E-state index in [1.807, 2.05) is 30.3 Å². The van der Waals surface area contributed by atoms with Crippen LogP contribution < -0.4 is 10.6 Å². The zero-order valence-electron chi connectivity index (χ0n) is 13.8. The number of halogens is 1. The van der Waals surface area contributed by atoms with Gasteiger partial charge in [0.1, 0.15) is 0 Å². The molecule has 1 heterocycles. The van der Waals surface area contributed by atoms with Gasteiger partial charge in [0.2, 0.25) is 0 Å².